The van der Waals surface area contributed by atoms with Gasteiger partial charge in [0.05, 0.1) is 16.1 Å². The maximum atomic E-state index is 13.3. The molecular weight excluding hydrogens is 527 g/mol. The van der Waals surface area contributed by atoms with Crippen LogP contribution in [0.15, 0.2) is 77.8 Å². The van der Waals surface area contributed by atoms with E-state index in [2.05, 4.69) is 4.98 Å². The fourth-order valence-electron chi connectivity index (χ4n) is 3.75. The molecule has 198 valence electrons. The van der Waals surface area contributed by atoms with Crippen LogP contribution >= 0.6 is 0 Å². The van der Waals surface area contributed by atoms with Gasteiger partial charge in [0.2, 0.25) is 5.88 Å². The Labute approximate surface area is 215 Å². The Bertz CT molecular complexity index is 1510. The van der Waals surface area contributed by atoms with Gasteiger partial charge in [-0.1, -0.05) is 18.2 Å². The highest BCUT2D eigenvalue weighted by atomic mass is 32.2. The summed E-state index contributed by atoms with van der Waals surface area (Å²) >= 11 is 0. The fraction of sp³-hybridized carbons (Fsp3) is 0.200. The zero-order valence-corrected chi connectivity index (χ0v) is 20.8. The van der Waals surface area contributed by atoms with Crippen molar-refractivity contribution in [3.05, 3.63) is 84.1 Å². The highest BCUT2D eigenvalue weighted by Gasteiger charge is 2.52. The average Bonchev–Trinajstić information content (AvgIpc) is 3.03. The minimum absolute atomic E-state index is 0.0227. The molecule has 0 unspecified atom stereocenters. The largest absolute Gasteiger partial charge is 0.501 e. The number of benzene rings is 2. The van der Waals surface area contributed by atoms with Crippen molar-refractivity contribution in [2.45, 2.75) is 36.3 Å². The molecule has 0 aliphatic carbocycles. The molecule has 0 N–H and O–H groups in total. The summed E-state index contributed by atoms with van der Waals surface area (Å²) in [4.78, 5) is 43.7. The first-order valence-corrected chi connectivity index (χ1v) is 12.5. The summed E-state index contributed by atoms with van der Waals surface area (Å²) < 4.78 is 67.1. The van der Waals surface area contributed by atoms with Gasteiger partial charge in [-0.05, 0) is 61.9 Å². The van der Waals surface area contributed by atoms with E-state index in [1.165, 1.54) is 31.0 Å². The number of ether oxygens (including phenoxy) is 1. The molecule has 1 aromatic heterocycles. The number of halogens is 3. The molecule has 3 aromatic rings. The Balaban J connectivity index is 1.56. The standard InChI is InChI=1S/C25H20F3N3O6S/c1-24(2)22(33)31(18-8-10-19(11-9-18)38(35,36)25(26,27)28)23(34)30(24)15-16-12-13-29-20(14-16)37-21(32)17-6-4-3-5-7-17/h3-14H,15H2,1-2H3. The van der Waals surface area contributed by atoms with E-state index in [-0.39, 0.29) is 18.1 Å². The van der Waals surface area contributed by atoms with E-state index < -0.39 is 43.7 Å². The van der Waals surface area contributed by atoms with Crippen LogP contribution in [0.1, 0.15) is 29.8 Å². The van der Waals surface area contributed by atoms with Gasteiger partial charge >= 0.3 is 17.5 Å². The number of hydrogen-bond acceptors (Lipinski definition) is 7. The molecule has 13 heteroatoms. The van der Waals surface area contributed by atoms with E-state index in [4.69, 9.17) is 4.74 Å². The molecule has 2 heterocycles. The molecule has 0 bridgehead atoms. The fourth-order valence-corrected chi connectivity index (χ4v) is 4.51. The number of pyridine rings is 1. The number of urea groups is 1. The molecule has 0 spiro atoms. The summed E-state index contributed by atoms with van der Waals surface area (Å²) in [5, 5.41) is 0. The second-order valence-electron chi connectivity index (χ2n) is 8.77. The number of rotatable bonds is 6. The lowest BCUT2D eigenvalue weighted by molar-refractivity contribution is -0.123. The summed E-state index contributed by atoms with van der Waals surface area (Å²) in [7, 11) is -5.59. The Kier molecular flexibility index (Phi) is 6.74. The number of nitrogens with zero attached hydrogens (tertiary/aromatic N) is 3. The van der Waals surface area contributed by atoms with Gasteiger partial charge < -0.3 is 9.64 Å². The highest BCUT2D eigenvalue weighted by molar-refractivity contribution is 7.92. The Morgan fingerprint density at radius 2 is 1.63 bits per heavy atom. The predicted molar refractivity (Wildman–Crippen MR) is 128 cm³/mol. The molecule has 2 aromatic carbocycles. The molecule has 1 aliphatic rings. The quantitative estimate of drug-likeness (QED) is 0.333. The number of anilines is 1. The SMILES string of the molecule is CC1(C)C(=O)N(c2ccc(S(=O)(=O)C(F)(F)F)cc2)C(=O)N1Cc1ccnc(OC(=O)c2ccccc2)c1. The molecule has 1 fully saturated rings. The topological polar surface area (TPSA) is 114 Å². The third kappa shape index (κ3) is 4.84. The Morgan fingerprint density at radius 3 is 2.24 bits per heavy atom. The monoisotopic (exact) mass is 547 g/mol. The minimum atomic E-state index is -5.59. The Morgan fingerprint density at radius 1 is 1.00 bits per heavy atom. The van der Waals surface area contributed by atoms with Crippen LogP contribution in [0.5, 0.6) is 5.88 Å². The average molecular weight is 548 g/mol. The Hall–Kier alpha value is -4.26. The number of sulfone groups is 1. The van der Waals surface area contributed by atoms with Crippen LogP contribution in [0.3, 0.4) is 0 Å². The van der Waals surface area contributed by atoms with Crippen molar-refractivity contribution in [2.75, 3.05) is 4.90 Å². The van der Waals surface area contributed by atoms with Gasteiger partial charge in [-0.2, -0.15) is 13.2 Å². The summed E-state index contributed by atoms with van der Waals surface area (Å²) in [6.07, 6.45) is 1.37. The lowest BCUT2D eigenvalue weighted by Crippen LogP contribution is -2.43. The normalized spacial score (nSPS) is 15.6. The van der Waals surface area contributed by atoms with E-state index in [0.717, 1.165) is 17.0 Å². The number of hydrogen-bond donors (Lipinski definition) is 0. The van der Waals surface area contributed by atoms with Crippen molar-refractivity contribution in [1.82, 2.24) is 9.88 Å². The van der Waals surface area contributed by atoms with Gasteiger partial charge in [0.15, 0.2) is 0 Å². The van der Waals surface area contributed by atoms with E-state index in [1.54, 1.807) is 36.4 Å². The molecule has 0 saturated carbocycles. The summed E-state index contributed by atoms with van der Waals surface area (Å²) in [6, 6.07) is 13.8. The number of imide groups is 1. The van der Waals surface area contributed by atoms with E-state index in [1.807, 2.05) is 0 Å². The number of amides is 3. The van der Waals surface area contributed by atoms with Gasteiger partial charge in [-0.15, -0.1) is 0 Å². The van der Waals surface area contributed by atoms with Gasteiger partial charge in [0.25, 0.3) is 15.7 Å². The van der Waals surface area contributed by atoms with E-state index >= 15 is 0 Å². The lowest BCUT2D eigenvalue weighted by atomic mass is 10.0. The van der Waals surface area contributed by atoms with Crippen molar-refractivity contribution in [1.29, 1.82) is 0 Å². The maximum absolute atomic E-state index is 13.3. The van der Waals surface area contributed by atoms with E-state index in [0.29, 0.717) is 23.3 Å². The summed E-state index contributed by atoms with van der Waals surface area (Å²) in [5.74, 6) is -1.32. The van der Waals surface area contributed by atoms with Crippen LogP contribution < -0.4 is 9.64 Å². The molecule has 4 rings (SSSR count). The zero-order valence-electron chi connectivity index (χ0n) is 20.0. The second kappa shape index (κ2) is 9.56. The third-order valence-electron chi connectivity index (χ3n) is 5.88. The predicted octanol–water partition coefficient (Wildman–Crippen LogP) is 4.34. The number of alkyl halides is 3. The van der Waals surface area contributed by atoms with Gasteiger partial charge in [0, 0.05) is 18.8 Å². The maximum Gasteiger partial charge on any atom is 0.501 e. The lowest BCUT2D eigenvalue weighted by Gasteiger charge is -2.27. The summed E-state index contributed by atoms with van der Waals surface area (Å²) in [6.45, 7) is 2.90. The van der Waals surface area contributed by atoms with Crippen molar-refractivity contribution in [3.8, 4) is 5.88 Å². The molecule has 3 amide bonds. The third-order valence-corrected chi connectivity index (χ3v) is 7.38. The smallest absolute Gasteiger partial charge is 0.404 e. The molecule has 1 saturated heterocycles. The molecule has 0 atom stereocenters. The van der Waals surface area contributed by atoms with Gasteiger partial charge in [-0.3, -0.25) is 4.79 Å². The molecular formula is C25H20F3N3O6S. The molecule has 38 heavy (non-hydrogen) atoms. The summed E-state index contributed by atoms with van der Waals surface area (Å²) in [5.41, 5.74) is -6.16. The van der Waals surface area contributed by atoms with E-state index in [9.17, 15) is 36.0 Å². The number of carbonyl (C=O) groups excluding carboxylic acids is 3. The van der Waals surface area contributed by atoms with Crippen molar-refractivity contribution in [2.24, 2.45) is 0 Å². The van der Waals surface area contributed by atoms with Crippen LogP contribution in [0, 0.1) is 0 Å². The number of aromatic nitrogens is 1. The van der Waals surface area contributed by atoms with Crippen LogP contribution in [0.4, 0.5) is 23.7 Å². The first kappa shape index (κ1) is 26.8. The van der Waals surface area contributed by atoms with Gasteiger partial charge in [-0.25, -0.2) is 27.9 Å². The molecule has 0 radical (unpaired) electrons. The zero-order chi connectivity index (χ0) is 27.9. The van der Waals surface area contributed by atoms with Crippen molar-refractivity contribution in [3.63, 3.8) is 0 Å². The van der Waals surface area contributed by atoms with Crippen LogP contribution in [-0.4, -0.2) is 47.3 Å². The molecule has 1 aliphatic heterocycles. The first-order valence-electron chi connectivity index (χ1n) is 11.0. The number of carbonyl (C=O) groups is 3. The first-order chi connectivity index (χ1) is 17.7. The van der Waals surface area contributed by atoms with Crippen molar-refractivity contribution >= 4 is 33.4 Å². The van der Waals surface area contributed by atoms with Crippen LogP contribution in [0.25, 0.3) is 0 Å². The van der Waals surface area contributed by atoms with Crippen LogP contribution in [-0.2, 0) is 21.2 Å². The molecule has 9 nitrogen and oxygen atoms in total. The van der Waals surface area contributed by atoms with Crippen molar-refractivity contribution < 1.29 is 40.7 Å². The van der Waals surface area contributed by atoms with Gasteiger partial charge in [0.1, 0.15) is 5.54 Å². The van der Waals surface area contributed by atoms with Crippen LogP contribution in [0.2, 0.25) is 0 Å². The minimum Gasteiger partial charge on any atom is -0.404 e. The second-order valence-corrected chi connectivity index (χ2v) is 10.7. The highest BCUT2D eigenvalue weighted by Crippen LogP contribution is 2.35. The number of esters is 1.